The van der Waals surface area contributed by atoms with Gasteiger partial charge in [0.05, 0.1) is 11.9 Å². The van der Waals surface area contributed by atoms with Crippen LogP contribution in [0.4, 0.5) is 0 Å². The second-order valence-electron chi connectivity index (χ2n) is 4.83. The lowest BCUT2D eigenvalue weighted by Gasteiger charge is -2.07. The number of para-hydroxylation sites is 1. The molecule has 0 saturated heterocycles. The summed E-state index contributed by atoms with van der Waals surface area (Å²) in [6, 6.07) is 16.5. The van der Waals surface area contributed by atoms with Crippen molar-refractivity contribution in [1.29, 1.82) is 0 Å². The summed E-state index contributed by atoms with van der Waals surface area (Å²) < 4.78 is 7.01. The summed E-state index contributed by atoms with van der Waals surface area (Å²) in [7, 11) is 0. The van der Waals surface area contributed by atoms with Crippen LogP contribution in [0, 0.1) is 6.92 Å². The van der Waals surface area contributed by atoms with Crippen LogP contribution in [-0.4, -0.2) is 20.9 Å². The minimum atomic E-state index is -1.09. The Morgan fingerprint density at radius 3 is 2.59 bits per heavy atom. The van der Waals surface area contributed by atoms with Gasteiger partial charge in [0.2, 0.25) is 0 Å². The summed E-state index contributed by atoms with van der Waals surface area (Å²) in [5, 5.41) is 13.7. The first kappa shape index (κ1) is 13.9. The number of nitrogens with zero attached hydrogens (tertiary/aromatic N) is 2. The molecule has 0 aliphatic heterocycles. The molecule has 0 amide bonds. The van der Waals surface area contributed by atoms with Crippen molar-refractivity contribution in [3.63, 3.8) is 0 Å². The predicted octanol–water partition coefficient (Wildman–Crippen LogP) is 3.67. The van der Waals surface area contributed by atoms with Gasteiger partial charge in [-0.2, -0.15) is 5.10 Å². The lowest BCUT2D eigenvalue weighted by Crippen LogP contribution is -2.09. The van der Waals surface area contributed by atoms with E-state index in [2.05, 4.69) is 5.10 Å². The third-order valence-electron chi connectivity index (χ3n) is 3.16. The van der Waals surface area contributed by atoms with Gasteiger partial charge < -0.3 is 9.84 Å². The van der Waals surface area contributed by atoms with Crippen molar-refractivity contribution in [2.75, 3.05) is 0 Å². The second-order valence-corrected chi connectivity index (χ2v) is 4.83. The van der Waals surface area contributed by atoms with Crippen molar-refractivity contribution in [3.05, 3.63) is 72.1 Å². The summed E-state index contributed by atoms with van der Waals surface area (Å²) in [5.41, 5.74) is 1.70. The topological polar surface area (TPSA) is 64.4 Å². The van der Waals surface area contributed by atoms with Gasteiger partial charge in [0, 0.05) is 0 Å². The Balaban J connectivity index is 2.04. The van der Waals surface area contributed by atoms with Crippen molar-refractivity contribution in [2.45, 2.75) is 6.92 Å². The Bertz CT molecular complexity index is 810. The normalized spacial score (nSPS) is 10.4. The van der Waals surface area contributed by atoms with Crippen molar-refractivity contribution in [3.8, 4) is 17.2 Å². The van der Waals surface area contributed by atoms with Crippen LogP contribution < -0.4 is 4.74 Å². The number of hydrogen-bond donors (Lipinski definition) is 1. The number of aryl methyl sites for hydroxylation is 1. The molecular weight excluding hydrogens is 280 g/mol. The molecule has 0 atom stereocenters. The number of ether oxygens (including phenoxy) is 1. The highest BCUT2D eigenvalue weighted by Crippen LogP contribution is 2.27. The molecule has 0 radical (unpaired) electrons. The van der Waals surface area contributed by atoms with Crippen LogP contribution in [0.15, 0.2) is 60.8 Å². The van der Waals surface area contributed by atoms with Gasteiger partial charge in [-0.15, -0.1) is 0 Å². The molecular formula is C17H14N2O3. The van der Waals surface area contributed by atoms with Crippen molar-refractivity contribution >= 4 is 5.97 Å². The molecule has 110 valence electrons. The Labute approximate surface area is 127 Å². The van der Waals surface area contributed by atoms with Gasteiger partial charge in [0.25, 0.3) is 0 Å². The third-order valence-corrected chi connectivity index (χ3v) is 3.16. The zero-order chi connectivity index (χ0) is 15.5. The summed E-state index contributed by atoms with van der Waals surface area (Å²) >= 11 is 0. The molecule has 22 heavy (non-hydrogen) atoms. The minimum absolute atomic E-state index is 0.00514. The fourth-order valence-corrected chi connectivity index (χ4v) is 2.18. The molecule has 3 rings (SSSR count). The minimum Gasteiger partial charge on any atom is -0.476 e. The van der Waals surface area contributed by atoms with E-state index in [9.17, 15) is 9.90 Å². The molecule has 0 fully saturated rings. The lowest BCUT2D eigenvalue weighted by atomic mass is 10.2. The molecule has 1 heterocycles. The Hall–Kier alpha value is -3.08. The van der Waals surface area contributed by atoms with Gasteiger partial charge in [-0.05, 0) is 36.8 Å². The first-order chi connectivity index (χ1) is 10.6. The SMILES string of the molecule is Cc1cccc(-n2ncc(Oc3ccccc3)c2C(=O)O)c1. The van der Waals surface area contributed by atoms with Gasteiger partial charge in [-0.1, -0.05) is 30.3 Å². The number of rotatable bonds is 4. The molecule has 1 aromatic heterocycles. The molecule has 0 unspecified atom stereocenters. The van der Waals surface area contributed by atoms with Crippen LogP contribution in [-0.2, 0) is 0 Å². The van der Waals surface area contributed by atoms with E-state index in [0.29, 0.717) is 11.4 Å². The molecule has 0 aliphatic carbocycles. The van der Waals surface area contributed by atoms with E-state index in [4.69, 9.17) is 4.74 Å². The van der Waals surface area contributed by atoms with Crippen LogP contribution in [0.1, 0.15) is 16.1 Å². The largest absolute Gasteiger partial charge is 0.476 e. The van der Waals surface area contributed by atoms with E-state index in [1.807, 2.05) is 43.3 Å². The summed E-state index contributed by atoms with van der Waals surface area (Å²) in [6.07, 6.45) is 1.42. The summed E-state index contributed by atoms with van der Waals surface area (Å²) in [4.78, 5) is 11.6. The maximum atomic E-state index is 11.6. The van der Waals surface area contributed by atoms with E-state index in [-0.39, 0.29) is 11.4 Å². The van der Waals surface area contributed by atoms with Gasteiger partial charge in [0.15, 0.2) is 11.4 Å². The van der Waals surface area contributed by atoms with Crippen LogP contribution in [0.25, 0.3) is 5.69 Å². The summed E-state index contributed by atoms with van der Waals surface area (Å²) in [5.74, 6) is -0.320. The number of aromatic carboxylic acids is 1. The molecule has 2 aromatic carbocycles. The van der Waals surface area contributed by atoms with Crippen LogP contribution in [0.2, 0.25) is 0 Å². The van der Waals surface area contributed by atoms with E-state index in [1.54, 1.807) is 18.2 Å². The number of carboxylic acids is 1. The summed E-state index contributed by atoms with van der Waals surface area (Å²) in [6.45, 7) is 1.94. The second kappa shape index (κ2) is 5.73. The Morgan fingerprint density at radius 2 is 1.91 bits per heavy atom. The van der Waals surface area contributed by atoms with Crippen LogP contribution in [0.5, 0.6) is 11.5 Å². The highest BCUT2D eigenvalue weighted by atomic mass is 16.5. The van der Waals surface area contributed by atoms with E-state index in [1.165, 1.54) is 10.9 Å². The number of benzene rings is 2. The number of carbonyl (C=O) groups is 1. The van der Waals surface area contributed by atoms with Gasteiger partial charge >= 0.3 is 5.97 Å². The monoisotopic (exact) mass is 294 g/mol. The first-order valence-electron chi connectivity index (χ1n) is 6.76. The number of aromatic nitrogens is 2. The molecule has 5 heteroatoms. The maximum absolute atomic E-state index is 11.6. The van der Waals surface area contributed by atoms with Crippen molar-refractivity contribution < 1.29 is 14.6 Å². The van der Waals surface area contributed by atoms with Gasteiger partial charge in [0.1, 0.15) is 5.75 Å². The smallest absolute Gasteiger partial charge is 0.358 e. The molecule has 0 bridgehead atoms. The van der Waals surface area contributed by atoms with E-state index in [0.717, 1.165) is 5.56 Å². The lowest BCUT2D eigenvalue weighted by molar-refractivity contribution is 0.0684. The molecule has 1 N–H and O–H groups in total. The van der Waals surface area contributed by atoms with Gasteiger partial charge in [-0.3, -0.25) is 0 Å². The van der Waals surface area contributed by atoms with Gasteiger partial charge in [-0.25, -0.2) is 9.48 Å². The Kier molecular flexibility index (Phi) is 3.62. The Morgan fingerprint density at radius 1 is 1.14 bits per heavy atom. The maximum Gasteiger partial charge on any atom is 0.358 e. The zero-order valence-corrected chi connectivity index (χ0v) is 11.9. The average Bonchev–Trinajstić information content (AvgIpc) is 2.92. The fraction of sp³-hybridized carbons (Fsp3) is 0.0588. The van der Waals surface area contributed by atoms with E-state index < -0.39 is 5.97 Å². The molecule has 5 nitrogen and oxygen atoms in total. The van der Waals surface area contributed by atoms with Crippen LogP contribution in [0.3, 0.4) is 0 Å². The average molecular weight is 294 g/mol. The standard InChI is InChI=1S/C17H14N2O3/c1-12-6-5-7-13(10-12)19-16(17(20)21)15(11-18-19)22-14-8-3-2-4-9-14/h2-11H,1H3,(H,20,21). The van der Waals surface area contributed by atoms with E-state index >= 15 is 0 Å². The molecule has 0 saturated carbocycles. The van der Waals surface area contributed by atoms with Crippen molar-refractivity contribution in [2.24, 2.45) is 0 Å². The van der Waals surface area contributed by atoms with Crippen LogP contribution >= 0.6 is 0 Å². The number of hydrogen-bond acceptors (Lipinski definition) is 3. The fourth-order valence-electron chi connectivity index (χ4n) is 2.18. The molecule has 0 aliphatic rings. The highest BCUT2D eigenvalue weighted by Gasteiger charge is 2.21. The first-order valence-corrected chi connectivity index (χ1v) is 6.76. The quantitative estimate of drug-likeness (QED) is 0.797. The predicted molar refractivity (Wildman–Crippen MR) is 81.8 cm³/mol. The highest BCUT2D eigenvalue weighted by molar-refractivity contribution is 5.89. The zero-order valence-electron chi connectivity index (χ0n) is 11.9. The number of carboxylic acid groups (broad SMARTS) is 1. The third kappa shape index (κ3) is 2.69. The molecule has 0 spiro atoms. The molecule has 3 aromatic rings. The van der Waals surface area contributed by atoms with Crippen molar-refractivity contribution in [1.82, 2.24) is 9.78 Å².